The fourth-order valence-electron chi connectivity index (χ4n) is 4.22. The Bertz CT molecular complexity index is 1120. The molecule has 0 saturated carbocycles. The molecule has 2 saturated heterocycles. The van der Waals surface area contributed by atoms with E-state index in [0.29, 0.717) is 6.54 Å². The molecule has 2 aliphatic rings. The average molecular weight is 486 g/mol. The fraction of sp³-hybridized carbons (Fsp3) is 0.417. The number of sulfonamides is 1. The van der Waals surface area contributed by atoms with Crippen molar-refractivity contribution in [1.82, 2.24) is 24.7 Å². The summed E-state index contributed by atoms with van der Waals surface area (Å²) in [5.74, 6) is -0.672. The quantitative estimate of drug-likeness (QED) is 0.593. The summed E-state index contributed by atoms with van der Waals surface area (Å²) in [7, 11) is -1.78. The van der Waals surface area contributed by atoms with Crippen molar-refractivity contribution in [1.29, 1.82) is 0 Å². The Kier molecular flexibility index (Phi) is 7.62. The van der Waals surface area contributed by atoms with E-state index in [1.807, 2.05) is 30.3 Å². The zero-order valence-electron chi connectivity index (χ0n) is 19.3. The standard InChI is InChI=1S/C24H31N5O4S/c1-27-12-14-28(15-13-27)17-22(19-6-3-2-4-7-19)26-24(31)20-8-5-9-21(16-20)34(32,33)29-11-10-25-23(30)18-29/h2-9,16,22H,10-15,17-18H2,1H3,(H,25,30)(H,26,31). The minimum atomic E-state index is -3.88. The number of carbonyl (C=O) groups excluding carboxylic acids is 2. The van der Waals surface area contributed by atoms with E-state index in [1.165, 1.54) is 12.1 Å². The molecule has 2 fully saturated rings. The van der Waals surface area contributed by atoms with E-state index >= 15 is 0 Å². The van der Waals surface area contributed by atoms with Crippen molar-refractivity contribution in [2.45, 2.75) is 10.9 Å². The van der Waals surface area contributed by atoms with Gasteiger partial charge in [0.1, 0.15) is 0 Å². The van der Waals surface area contributed by atoms with Crippen LogP contribution < -0.4 is 10.6 Å². The fourth-order valence-corrected chi connectivity index (χ4v) is 5.66. The Morgan fingerprint density at radius 2 is 1.76 bits per heavy atom. The van der Waals surface area contributed by atoms with Crippen molar-refractivity contribution < 1.29 is 18.0 Å². The van der Waals surface area contributed by atoms with Gasteiger partial charge in [-0.2, -0.15) is 4.31 Å². The molecule has 1 atom stereocenters. The lowest BCUT2D eigenvalue weighted by Crippen LogP contribution is -2.49. The number of piperazine rings is 2. The first-order chi connectivity index (χ1) is 16.3. The molecule has 4 rings (SSSR count). The van der Waals surface area contributed by atoms with Crippen LogP contribution in [0.25, 0.3) is 0 Å². The van der Waals surface area contributed by atoms with Crippen LogP contribution in [0.4, 0.5) is 0 Å². The molecular weight excluding hydrogens is 454 g/mol. The summed E-state index contributed by atoms with van der Waals surface area (Å²) in [5, 5.41) is 5.73. The van der Waals surface area contributed by atoms with Crippen LogP contribution in [0.5, 0.6) is 0 Å². The zero-order chi connectivity index (χ0) is 24.1. The van der Waals surface area contributed by atoms with Gasteiger partial charge in [-0.05, 0) is 30.8 Å². The highest BCUT2D eigenvalue weighted by atomic mass is 32.2. The molecule has 1 unspecified atom stereocenters. The van der Waals surface area contributed by atoms with Gasteiger partial charge in [-0.1, -0.05) is 36.4 Å². The summed E-state index contributed by atoms with van der Waals surface area (Å²) < 4.78 is 27.2. The first kappa shape index (κ1) is 24.3. The lowest BCUT2D eigenvalue weighted by atomic mass is 10.0. The van der Waals surface area contributed by atoms with Crippen LogP contribution in [0.3, 0.4) is 0 Å². The van der Waals surface area contributed by atoms with E-state index in [-0.39, 0.29) is 47.9 Å². The lowest BCUT2D eigenvalue weighted by molar-refractivity contribution is -0.122. The van der Waals surface area contributed by atoms with Crippen LogP contribution in [0.15, 0.2) is 59.5 Å². The van der Waals surface area contributed by atoms with Gasteiger partial charge in [0, 0.05) is 51.4 Å². The monoisotopic (exact) mass is 485 g/mol. The van der Waals surface area contributed by atoms with Crippen molar-refractivity contribution in [3.05, 3.63) is 65.7 Å². The Hall–Kier alpha value is -2.79. The third-order valence-electron chi connectivity index (χ3n) is 6.28. The van der Waals surface area contributed by atoms with E-state index < -0.39 is 10.0 Å². The average Bonchev–Trinajstić information content (AvgIpc) is 2.85. The van der Waals surface area contributed by atoms with Crippen LogP contribution in [0.1, 0.15) is 22.0 Å². The molecule has 0 bridgehead atoms. The molecular formula is C24H31N5O4S. The minimum Gasteiger partial charge on any atom is -0.354 e. The maximum atomic E-state index is 13.2. The van der Waals surface area contributed by atoms with E-state index in [0.717, 1.165) is 36.0 Å². The largest absolute Gasteiger partial charge is 0.354 e. The third kappa shape index (κ3) is 5.82. The topological polar surface area (TPSA) is 102 Å². The maximum Gasteiger partial charge on any atom is 0.251 e. The number of nitrogens with zero attached hydrogens (tertiary/aromatic N) is 3. The van der Waals surface area contributed by atoms with Gasteiger partial charge >= 0.3 is 0 Å². The first-order valence-corrected chi connectivity index (χ1v) is 12.9. The summed E-state index contributed by atoms with van der Waals surface area (Å²) in [4.78, 5) is 29.5. The Balaban J connectivity index is 1.52. The molecule has 34 heavy (non-hydrogen) atoms. The van der Waals surface area contributed by atoms with Crippen LogP contribution in [-0.2, 0) is 14.8 Å². The van der Waals surface area contributed by atoms with Gasteiger partial charge in [0.25, 0.3) is 5.91 Å². The van der Waals surface area contributed by atoms with Gasteiger partial charge in [0.05, 0.1) is 17.5 Å². The molecule has 2 amide bonds. The van der Waals surface area contributed by atoms with Crippen LogP contribution in [0, 0.1) is 0 Å². The van der Waals surface area contributed by atoms with Gasteiger partial charge in [-0.3, -0.25) is 14.5 Å². The van der Waals surface area contributed by atoms with Crippen LogP contribution in [0.2, 0.25) is 0 Å². The van der Waals surface area contributed by atoms with E-state index in [9.17, 15) is 18.0 Å². The van der Waals surface area contributed by atoms with E-state index in [2.05, 4.69) is 27.5 Å². The van der Waals surface area contributed by atoms with Gasteiger partial charge in [-0.25, -0.2) is 8.42 Å². The van der Waals surface area contributed by atoms with Gasteiger partial charge in [0.15, 0.2) is 0 Å². The molecule has 2 heterocycles. The first-order valence-electron chi connectivity index (χ1n) is 11.5. The molecule has 2 N–H and O–H groups in total. The van der Waals surface area contributed by atoms with Gasteiger partial charge in [0.2, 0.25) is 15.9 Å². The Labute approximate surface area is 200 Å². The molecule has 182 valence electrons. The number of hydrogen-bond acceptors (Lipinski definition) is 6. The molecule has 2 aromatic rings. The predicted molar refractivity (Wildman–Crippen MR) is 129 cm³/mol. The molecule has 9 nitrogen and oxygen atoms in total. The highest BCUT2D eigenvalue weighted by Gasteiger charge is 2.30. The highest BCUT2D eigenvalue weighted by molar-refractivity contribution is 7.89. The highest BCUT2D eigenvalue weighted by Crippen LogP contribution is 2.20. The number of amides is 2. The second kappa shape index (κ2) is 10.6. The summed E-state index contributed by atoms with van der Waals surface area (Å²) >= 11 is 0. The summed E-state index contributed by atoms with van der Waals surface area (Å²) in [6, 6.07) is 15.6. The zero-order valence-corrected chi connectivity index (χ0v) is 20.1. The number of nitrogens with one attached hydrogen (secondary N) is 2. The van der Waals surface area contributed by atoms with Crippen LogP contribution in [-0.4, -0.2) is 93.7 Å². The predicted octanol–water partition coefficient (Wildman–Crippen LogP) is 0.526. The Morgan fingerprint density at radius 1 is 1.03 bits per heavy atom. The lowest BCUT2D eigenvalue weighted by Gasteiger charge is -2.35. The maximum absolute atomic E-state index is 13.2. The summed E-state index contributed by atoms with van der Waals surface area (Å²) in [6.45, 7) is 4.71. The number of likely N-dealkylation sites (N-methyl/N-ethyl adjacent to an activating group) is 1. The van der Waals surface area contributed by atoms with E-state index in [1.54, 1.807) is 12.1 Å². The molecule has 0 aliphatic carbocycles. The second-order valence-electron chi connectivity index (χ2n) is 8.76. The normalized spacial score (nSPS) is 19.4. The smallest absolute Gasteiger partial charge is 0.251 e. The van der Waals surface area contributed by atoms with E-state index in [4.69, 9.17) is 0 Å². The number of hydrogen-bond donors (Lipinski definition) is 2. The van der Waals surface area contributed by atoms with Crippen molar-refractivity contribution in [3.8, 4) is 0 Å². The van der Waals surface area contributed by atoms with Crippen molar-refractivity contribution >= 4 is 21.8 Å². The molecule has 2 aromatic carbocycles. The summed E-state index contributed by atoms with van der Waals surface area (Å²) in [6.07, 6.45) is 0. The van der Waals surface area contributed by atoms with Crippen LogP contribution >= 0.6 is 0 Å². The number of rotatable bonds is 7. The molecule has 0 aromatic heterocycles. The molecule has 2 aliphatic heterocycles. The van der Waals surface area contributed by atoms with Crippen molar-refractivity contribution in [2.24, 2.45) is 0 Å². The minimum absolute atomic E-state index is 0.00480. The number of benzene rings is 2. The third-order valence-corrected chi connectivity index (χ3v) is 8.12. The molecule has 0 radical (unpaired) electrons. The van der Waals surface area contributed by atoms with Gasteiger partial charge in [-0.15, -0.1) is 0 Å². The molecule has 0 spiro atoms. The SMILES string of the molecule is CN1CCN(CC(NC(=O)c2cccc(S(=O)(=O)N3CCNC(=O)C3)c2)c2ccccc2)CC1. The van der Waals surface area contributed by atoms with Crippen molar-refractivity contribution in [2.75, 3.05) is 59.4 Å². The molecule has 10 heteroatoms. The Morgan fingerprint density at radius 3 is 2.47 bits per heavy atom. The number of carbonyl (C=O) groups is 2. The van der Waals surface area contributed by atoms with Gasteiger partial charge < -0.3 is 15.5 Å². The van der Waals surface area contributed by atoms with Crippen molar-refractivity contribution in [3.63, 3.8) is 0 Å². The summed E-state index contributed by atoms with van der Waals surface area (Å²) in [5.41, 5.74) is 1.26. The second-order valence-corrected chi connectivity index (χ2v) is 10.7.